The molecule has 6 heteroatoms. The van der Waals surface area contributed by atoms with Crippen molar-refractivity contribution in [2.45, 2.75) is 17.6 Å². The molecule has 0 amide bonds. The van der Waals surface area contributed by atoms with Crippen LogP contribution in [0.1, 0.15) is 22.8 Å². The maximum Gasteiger partial charge on any atom is 0.342 e. The van der Waals surface area contributed by atoms with Crippen LogP contribution in [0.15, 0.2) is 45.8 Å². The third-order valence-corrected chi connectivity index (χ3v) is 4.77. The highest BCUT2D eigenvalue weighted by Crippen LogP contribution is 2.35. The van der Waals surface area contributed by atoms with E-state index in [4.69, 9.17) is 9.47 Å². The van der Waals surface area contributed by atoms with Crippen molar-refractivity contribution in [1.29, 1.82) is 0 Å². The molecule has 0 fully saturated rings. The van der Waals surface area contributed by atoms with Crippen LogP contribution < -0.4 is 4.74 Å². The number of rotatable bonds is 6. The Balaban J connectivity index is 2.29. The summed E-state index contributed by atoms with van der Waals surface area (Å²) in [7, 11) is 1.51. The number of methoxy groups -OCH3 is 1. The molecule has 0 aromatic heterocycles. The zero-order chi connectivity index (χ0) is 16.8. The van der Waals surface area contributed by atoms with Crippen LogP contribution in [0.4, 0.5) is 4.39 Å². The minimum atomic E-state index is -0.416. The van der Waals surface area contributed by atoms with Gasteiger partial charge in [-0.15, -0.1) is 11.8 Å². The monoisotopic (exact) mass is 398 g/mol. The maximum atomic E-state index is 13.0. The zero-order valence-electron chi connectivity index (χ0n) is 12.8. The summed E-state index contributed by atoms with van der Waals surface area (Å²) in [5, 5.41) is 0. The largest absolute Gasteiger partial charge is 0.495 e. The predicted molar refractivity (Wildman–Crippen MR) is 92.6 cm³/mol. The molecule has 0 bridgehead atoms. The Morgan fingerprint density at radius 1 is 1.22 bits per heavy atom. The fraction of sp³-hybridized carbons (Fsp3) is 0.235. The second kappa shape index (κ2) is 8.36. The predicted octanol–water partition coefficient (Wildman–Crippen LogP) is 5.07. The zero-order valence-corrected chi connectivity index (χ0v) is 15.2. The summed E-state index contributed by atoms with van der Waals surface area (Å²) in [5.41, 5.74) is 1.22. The van der Waals surface area contributed by atoms with Crippen LogP contribution >= 0.6 is 27.7 Å². The first kappa shape index (κ1) is 17.8. The number of hydrogen-bond donors (Lipinski definition) is 0. The van der Waals surface area contributed by atoms with Gasteiger partial charge in [-0.25, -0.2) is 9.18 Å². The SMILES string of the molecule is CCOC(=O)c1c(CSc2ccc(F)cc2)ccc(Br)c1OC. The van der Waals surface area contributed by atoms with E-state index in [9.17, 15) is 9.18 Å². The molecule has 0 atom stereocenters. The number of carbonyl (C=O) groups is 1. The number of thioether (sulfide) groups is 1. The average Bonchev–Trinajstić information content (AvgIpc) is 2.55. The smallest absolute Gasteiger partial charge is 0.342 e. The quantitative estimate of drug-likeness (QED) is 0.502. The third-order valence-electron chi connectivity index (χ3n) is 3.09. The van der Waals surface area contributed by atoms with Gasteiger partial charge in [0.25, 0.3) is 0 Å². The topological polar surface area (TPSA) is 35.5 Å². The molecular formula is C17H16BrFO3S. The maximum absolute atomic E-state index is 13.0. The van der Waals surface area contributed by atoms with Gasteiger partial charge in [0.05, 0.1) is 18.2 Å². The molecule has 0 aliphatic rings. The molecule has 0 radical (unpaired) electrons. The Morgan fingerprint density at radius 3 is 2.52 bits per heavy atom. The van der Waals surface area contributed by atoms with Gasteiger partial charge in [-0.1, -0.05) is 6.07 Å². The van der Waals surface area contributed by atoms with Crippen molar-refractivity contribution >= 4 is 33.7 Å². The molecule has 0 saturated heterocycles. The molecule has 2 rings (SSSR count). The molecule has 0 spiro atoms. The second-order valence-corrected chi connectivity index (χ2v) is 6.48. The number of benzene rings is 2. The van der Waals surface area contributed by atoms with Crippen molar-refractivity contribution in [2.75, 3.05) is 13.7 Å². The summed E-state index contributed by atoms with van der Waals surface area (Å²) in [6, 6.07) is 9.94. The van der Waals surface area contributed by atoms with Crippen LogP contribution in [-0.4, -0.2) is 19.7 Å². The van der Waals surface area contributed by atoms with E-state index in [0.717, 1.165) is 10.5 Å². The first-order valence-corrected chi connectivity index (χ1v) is 8.75. The van der Waals surface area contributed by atoms with E-state index in [-0.39, 0.29) is 5.82 Å². The number of ether oxygens (including phenoxy) is 2. The molecule has 0 unspecified atom stereocenters. The van der Waals surface area contributed by atoms with Gasteiger partial charge in [-0.05, 0) is 58.7 Å². The lowest BCUT2D eigenvalue weighted by Gasteiger charge is -2.14. The van der Waals surface area contributed by atoms with Crippen LogP contribution in [0, 0.1) is 5.82 Å². The Morgan fingerprint density at radius 2 is 1.91 bits per heavy atom. The molecule has 122 valence electrons. The number of carbonyl (C=O) groups excluding carboxylic acids is 1. The standard InChI is InChI=1S/C17H16BrFO3S/c1-3-22-17(20)15-11(4-9-14(18)16(15)21-2)10-23-13-7-5-12(19)6-8-13/h4-9H,3,10H2,1-2H3. The first-order valence-electron chi connectivity index (χ1n) is 6.97. The van der Waals surface area contributed by atoms with Crippen LogP contribution in [0.25, 0.3) is 0 Å². The Kier molecular flexibility index (Phi) is 6.47. The van der Waals surface area contributed by atoms with Crippen molar-refractivity contribution in [3.05, 3.63) is 57.8 Å². The van der Waals surface area contributed by atoms with Gasteiger partial charge >= 0.3 is 5.97 Å². The first-order chi connectivity index (χ1) is 11.1. The van der Waals surface area contributed by atoms with Gasteiger partial charge in [-0.3, -0.25) is 0 Å². The van der Waals surface area contributed by atoms with E-state index in [1.807, 2.05) is 12.1 Å². The van der Waals surface area contributed by atoms with Gasteiger partial charge in [-0.2, -0.15) is 0 Å². The van der Waals surface area contributed by atoms with Crippen molar-refractivity contribution in [2.24, 2.45) is 0 Å². The minimum Gasteiger partial charge on any atom is -0.495 e. The van der Waals surface area contributed by atoms with E-state index < -0.39 is 5.97 Å². The highest BCUT2D eigenvalue weighted by Gasteiger charge is 2.21. The molecule has 2 aromatic rings. The Labute approximate surface area is 147 Å². The number of halogens is 2. The van der Waals surface area contributed by atoms with Crippen molar-refractivity contribution < 1.29 is 18.7 Å². The fourth-order valence-corrected chi connectivity index (χ4v) is 3.42. The van der Waals surface area contributed by atoms with E-state index >= 15 is 0 Å². The molecule has 0 N–H and O–H groups in total. The van der Waals surface area contributed by atoms with Gasteiger partial charge in [0.1, 0.15) is 17.1 Å². The lowest BCUT2D eigenvalue weighted by molar-refractivity contribution is 0.0521. The molecule has 0 heterocycles. The Bertz CT molecular complexity index is 689. The summed E-state index contributed by atoms with van der Waals surface area (Å²) in [6.45, 7) is 2.05. The summed E-state index contributed by atoms with van der Waals surface area (Å²) in [5.74, 6) is 0.316. The van der Waals surface area contributed by atoms with Crippen LogP contribution in [-0.2, 0) is 10.5 Å². The summed E-state index contributed by atoms with van der Waals surface area (Å²) in [4.78, 5) is 13.2. The second-order valence-electron chi connectivity index (χ2n) is 4.58. The minimum absolute atomic E-state index is 0.271. The molecule has 0 saturated carbocycles. The number of hydrogen-bond acceptors (Lipinski definition) is 4. The van der Waals surface area contributed by atoms with Gasteiger partial charge in [0.2, 0.25) is 0 Å². The van der Waals surface area contributed by atoms with E-state index in [1.165, 1.54) is 31.0 Å². The van der Waals surface area contributed by atoms with Crippen LogP contribution in [0.3, 0.4) is 0 Å². The molecule has 23 heavy (non-hydrogen) atoms. The van der Waals surface area contributed by atoms with Crippen molar-refractivity contribution in [3.8, 4) is 5.75 Å². The van der Waals surface area contributed by atoms with Gasteiger partial charge < -0.3 is 9.47 Å². The molecule has 2 aromatic carbocycles. The van der Waals surface area contributed by atoms with Crippen molar-refractivity contribution in [1.82, 2.24) is 0 Å². The molecule has 0 aliphatic heterocycles. The normalized spacial score (nSPS) is 10.4. The van der Waals surface area contributed by atoms with E-state index in [2.05, 4.69) is 15.9 Å². The molecule has 0 aliphatic carbocycles. The lowest BCUT2D eigenvalue weighted by atomic mass is 10.1. The fourth-order valence-electron chi connectivity index (χ4n) is 2.04. The number of esters is 1. The van der Waals surface area contributed by atoms with Crippen LogP contribution in [0.5, 0.6) is 5.75 Å². The van der Waals surface area contributed by atoms with E-state index in [0.29, 0.717) is 28.1 Å². The average molecular weight is 399 g/mol. The van der Waals surface area contributed by atoms with Gasteiger partial charge in [0.15, 0.2) is 0 Å². The Hall–Kier alpha value is -1.53. The van der Waals surface area contributed by atoms with Crippen LogP contribution in [0.2, 0.25) is 0 Å². The molecule has 3 nitrogen and oxygen atoms in total. The highest BCUT2D eigenvalue weighted by atomic mass is 79.9. The summed E-state index contributed by atoms with van der Waals surface area (Å²) in [6.07, 6.45) is 0. The highest BCUT2D eigenvalue weighted by molar-refractivity contribution is 9.10. The molecular weight excluding hydrogens is 383 g/mol. The van der Waals surface area contributed by atoms with E-state index in [1.54, 1.807) is 19.1 Å². The third kappa shape index (κ3) is 4.48. The summed E-state index contributed by atoms with van der Waals surface area (Å²) >= 11 is 4.90. The lowest BCUT2D eigenvalue weighted by Crippen LogP contribution is -2.10. The van der Waals surface area contributed by atoms with Crippen molar-refractivity contribution in [3.63, 3.8) is 0 Å². The summed E-state index contributed by atoms with van der Waals surface area (Å²) < 4.78 is 24.1. The van der Waals surface area contributed by atoms with Gasteiger partial charge in [0, 0.05) is 10.6 Å².